The average molecular weight is 452 g/mol. The second-order valence-electron chi connectivity index (χ2n) is 6.05. The number of guanidine groups is 1. The Kier molecular flexibility index (Phi) is 10.1. The summed E-state index contributed by atoms with van der Waals surface area (Å²) in [5.74, 6) is 0.842. The number of pyridine rings is 1. The lowest BCUT2D eigenvalue weighted by Gasteiger charge is -2.13. The van der Waals surface area contributed by atoms with Gasteiger partial charge >= 0.3 is 0 Å². The Morgan fingerprint density at radius 1 is 1.08 bits per heavy atom. The number of nitrogens with one attached hydrogen (secondary N) is 2. The van der Waals surface area contributed by atoms with Crippen molar-refractivity contribution in [2.45, 2.75) is 46.7 Å². The highest BCUT2D eigenvalue weighted by Crippen LogP contribution is 2.05. The Labute approximate surface area is 168 Å². The summed E-state index contributed by atoms with van der Waals surface area (Å²) in [5.41, 5.74) is 4.73. The summed E-state index contributed by atoms with van der Waals surface area (Å²) < 4.78 is 0. The number of halogens is 1. The summed E-state index contributed by atoms with van der Waals surface area (Å²) in [4.78, 5) is 9.14. The number of unbranched alkanes of at least 4 members (excludes halogenated alkanes) is 1. The highest BCUT2D eigenvalue weighted by Gasteiger charge is 2.02. The van der Waals surface area contributed by atoms with Crippen LogP contribution >= 0.6 is 24.0 Å². The molecule has 0 atom stereocenters. The van der Waals surface area contributed by atoms with Gasteiger partial charge in [0.25, 0.3) is 0 Å². The highest BCUT2D eigenvalue weighted by atomic mass is 127. The van der Waals surface area contributed by atoms with Crippen molar-refractivity contribution in [3.63, 3.8) is 0 Å². The fourth-order valence-corrected chi connectivity index (χ4v) is 2.29. The van der Waals surface area contributed by atoms with Gasteiger partial charge in [-0.25, -0.2) is 4.99 Å². The van der Waals surface area contributed by atoms with Crippen LogP contribution in [0.15, 0.2) is 47.6 Å². The minimum Gasteiger partial charge on any atom is -0.356 e. The van der Waals surface area contributed by atoms with Crippen LogP contribution in [-0.2, 0) is 13.1 Å². The van der Waals surface area contributed by atoms with Crippen molar-refractivity contribution < 1.29 is 0 Å². The van der Waals surface area contributed by atoms with E-state index in [1.54, 1.807) is 0 Å². The number of hydrogen-bond donors (Lipinski definition) is 2. The molecule has 136 valence electrons. The first kappa shape index (κ1) is 21.4. The number of benzene rings is 1. The van der Waals surface area contributed by atoms with Crippen LogP contribution in [0.3, 0.4) is 0 Å². The summed E-state index contributed by atoms with van der Waals surface area (Å²) >= 11 is 0. The molecule has 0 unspecified atom stereocenters. The smallest absolute Gasteiger partial charge is 0.191 e. The quantitative estimate of drug-likeness (QED) is 0.284. The average Bonchev–Trinajstić information content (AvgIpc) is 2.59. The van der Waals surface area contributed by atoms with Crippen LogP contribution in [0.5, 0.6) is 0 Å². The van der Waals surface area contributed by atoms with E-state index in [0.717, 1.165) is 31.0 Å². The molecule has 1 heterocycles. The number of nitrogens with zero attached hydrogens (tertiary/aromatic N) is 2. The van der Waals surface area contributed by atoms with E-state index in [1.165, 1.54) is 16.7 Å². The molecule has 0 spiro atoms. The van der Waals surface area contributed by atoms with E-state index < -0.39 is 0 Å². The molecule has 2 aromatic rings. The zero-order chi connectivity index (χ0) is 17.2. The molecule has 5 heteroatoms. The van der Waals surface area contributed by atoms with Gasteiger partial charge in [0.1, 0.15) is 0 Å². The van der Waals surface area contributed by atoms with Gasteiger partial charge in [0.15, 0.2) is 5.96 Å². The molecular formula is C20H29IN4. The van der Waals surface area contributed by atoms with Gasteiger partial charge in [0.2, 0.25) is 0 Å². The molecule has 0 saturated heterocycles. The van der Waals surface area contributed by atoms with Crippen molar-refractivity contribution in [3.8, 4) is 0 Å². The Morgan fingerprint density at radius 2 is 1.84 bits per heavy atom. The number of hydrogen-bond acceptors (Lipinski definition) is 2. The Balaban J connectivity index is 0.00000312. The number of aryl methyl sites for hydroxylation is 2. The van der Waals surface area contributed by atoms with Crippen LogP contribution in [0.1, 0.15) is 42.1 Å². The topological polar surface area (TPSA) is 49.3 Å². The molecule has 1 aromatic carbocycles. The lowest BCUT2D eigenvalue weighted by molar-refractivity contribution is 0.720. The third kappa shape index (κ3) is 7.86. The normalized spacial score (nSPS) is 10.9. The minimum atomic E-state index is 0. The first-order chi connectivity index (χ1) is 11.7. The summed E-state index contributed by atoms with van der Waals surface area (Å²) in [6.45, 7) is 8.65. The van der Waals surface area contributed by atoms with Gasteiger partial charge in [-0.3, -0.25) is 4.98 Å². The molecule has 2 rings (SSSR count). The maximum Gasteiger partial charge on any atom is 0.191 e. The van der Waals surface area contributed by atoms with Gasteiger partial charge in [-0.1, -0.05) is 49.2 Å². The monoisotopic (exact) mass is 452 g/mol. The summed E-state index contributed by atoms with van der Waals surface area (Å²) in [6.07, 6.45) is 4.13. The molecule has 0 amide bonds. The Hall–Kier alpha value is -1.63. The SMILES string of the molecule is CCCCNC(=NCc1ccc(C)cc1)NCc1ncccc1C.I. The van der Waals surface area contributed by atoms with E-state index in [9.17, 15) is 0 Å². The van der Waals surface area contributed by atoms with Crippen molar-refractivity contribution in [3.05, 3.63) is 65.0 Å². The number of rotatable bonds is 7. The molecule has 0 aliphatic heterocycles. The lowest BCUT2D eigenvalue weighted by Crippen LogP contribution is -2.37. The summed E-state index contributed by atoms with van der Waals surface area (Å²) in [6, 6.07) is 12.6. The van der Waals surface area contributed by atoms with Crippen LogP contribution < -0.4 is 10.6 Å². The van der Waals surface area contributed by atoms with Gasteiger partial charge in [-0.2, -0.15) is 0 Å². The Bertz CT molecular complexity index is 653. The molecule has 4 nitrogen and oxygen atoms in total. The molecule has 0 fully saturated rings. The maximum absolute atomic E-state index is 4.71. The third-order valence-corrected chi connectivity index (χ3v) is 3.90. The molecule has 2 N–H and O–H groups in total. The lowest BCUT2D eigenvalue weighted by atomic mass is 10.1. The van der Waals surface area contributed by atoms with Gasteiger partial charge in [-0.15, -0.1) is 24.0 Å². The molecule has 0 bridgehead atoms. The van der Waals surface area contributed by atoms with Crippen LogP contribution in [0.4, 0.5) is 0 Å². The fourth-order valence-electron chi connectivity index (χ4n) is 2.29. The predicted octanol–water partition coefficient (Wildman–Crippen LogP) is 4.35. The van der Waals surface area contributed by atoms with Gasteiger partial charge < -0.3 is 10.6 Å². The van der Waals surface area contributed by atoms with Gasteiger partial charge in [0.05, 0.1) is 18.8 Å². The molecule has 25 heavy (non-hydrogen) atoms. The van der Waals surface area contributed by atoms with E-state index in [0.29, 0.717) is 13.1 Å². The first-order valence-electron chi connectivity index (χ1n) is 8.67. The molecular weight excluding hydrogens is 423 g/mol. The zero-order valence-corrected chi connectivity index (χ0v) is 17.7. The molecule has 0 saturated carbocycles. The van der Waals surface area contributed by atoms with Crippen molar-refractivity contribution in [2.24, 2.45) is 4.99 Å². The third-order valence-electron chi connectivity index (χ3n) is 3.90. The van der Waals surface area contributed by atoms with E-state index in [4.69, 9.17) is 4.99 Å². The molecule has 0 aliphatic carbocycles. The van der Waals surface area contributed by atoms with Crippen LogP contribution in [0, 0.1) is 13.8 Å². The van der Waals surface area contributed by atoms with Crippen LogP contribution in [-0.4, -0.2) is 17.5 Å². The second-order valence-corrected chi connectivity index (χ2v) is 6.05. The maximum atomic E-state index is 4.71. The minimum absolute atomic E-state index is 0. The van der Waals surface area contributed by atoms with Gasteiger partial charge in [0, 0.05) is 12.7 Å². The van der Waals surface area contributed by atoms with Crippen LogP contribution in [0.2, 0.25) is 0 Å². The van der Waals surface area contributed by atoms with E-state index in [-0.39, 0.29) is 24.0 Å². The number of aromatic nitrogens is 1. The highest BCUT2D eigenvalue weighted by molar-refractivity contribution is 14.0. The Morgan fingerprint density at radius 3 is 2.52 bits per heavy atom. The molecule has 1 aromatic heterocycles. The largest absolute Gasteiger partial charge is 0.356 e. The molecule has 0 aliphatic rings. The number of aliphatic imine (C=N–C) groups is 1. The second kappa shape index (κ2) is 11.8. The van der Waals surface area contributed by atoms with Crippen molar-refractivity contribution in [2.75, 3.05) is 6.54 Å². The van der Waals surface area contributed by atoms with E-state index in [2.05, 4.69) is 66.7 Å². The van der Waals surface area contributed by atoms with Crippen molar-refractivity contribution in [1.29, 1.82) is 0 Å². The zero-order valence-electron chi connectivity index (χ0n) is 15.4. The van der Waals surface area contributed by atoms with Crippen LogP contribution in [0.25, 0.3) is 0 Å². The van der Waals surface area contributed by atoms with Crippen molar-refractivity contribution >= 4 is 29.9 Å². The van der Waals surface area contributed by atoms with Gasteiger partial charge in [-0.05, 0) is 37.5 Å². The molecule has 0 radical (unpaired) electrons. The standard InChI is InChI=1S/C20H28N4.HI/c1-4-5-12-22-20(23-14-18-10-8-16(2)9-11-18)24-15-19-17(3)7-6-13-21-19;/h6-11,13H,4-5,12,14-15H2,1-3H3,(H2,22,23,24);1H. The predicted molar refractivity (Wildman–Crippen MR) is 116 cm³/mol. The van der Waals surface area contributed by atoms with E-state index >= 15 is 0 Å². The first-order valence-corrected chi connectivity index (χ1v) is 8.67. The summed E-state index contributed by atoms with van der Waals surface area (Å²) in [5, 5.41) is 6.80. The van der Waals surface area contributed by atoms with E-state index in [1.807, 2.05) is 12.3 Å². The van der Waals surface area contributed by atoms with Crippen molar-refractivity contribution in [1.82, 2.24) is 15.6 Å². The fraction of sp³-hybridized carbons (Fsp3) is 0.400. The summed E-state index contributed by atoms with van der Waals surface area (Å²) in [7, 11) is 0.